The van der Waals surface area contributed by atoms with Gasteiger partial charge in [0.15, 0.2) is 0 Å². The summed E-state index contributed by atoms with van der Waals surface area (Å²) in [7, 11) is 0. The second-order valence-electron chi connectivity index (χ2n) is 3.88. The maximum absolute atomic E-state index is 4.43. The van der Waals surface area contributed by atoms with Crippen molar-refractivity contribution in [3.05, 3.63) is 34.8 Å². The van der Waals surface area contributed by atoms with Gasteiger partial charge in [-0.05, 0) is 34.0 Å². The Morgan fingerprint density at radius 3 is 2.93 bits per heavy atom. The normalized spacial score (nSPS) is 11.4. The molecule has 0 spiro atoms. The minimum atomic E-state index is 0.632. The Bertz CT molecular complexity index is 445. The smallest absolute Gasteiger partial charge is 0.114 e. The molecule has 0 bridgehead atoms. The van der Waals surface area contributed by atoms with Crippen molar-refractivity contribution in [1.82, 2.24) is 9.38 Å². The quantitative estimate of drug-likeness (QED) is 0.750. The lowest BCUT2D eigenvalue weighted by Crippen LogP contribution is -2.01. The first-order chi connectivity index (χ1) is 6.68. The van der Waals surface area contributed by atoms with Crippen molar-refractivity contribution < 1.29 is 0 Å². The number of rotatable bonds is 2. The lowest BCUT2D eigenvalue weighted by Gasteiger charge is -2.05. The Morgan fingerprint density at radius 2 is 2.21 bits per heavy atom. The molecule has 0 amide bonds. The number of hydrogen-bond acceptors (Lipinski definition) is 1. The van der Waals surface area contributed by atoms with E-state index in [2.05, 4.69) is 45.2 Å². The third kappa shape index (κ3) is 1.69. The van der Waals surface area contributed by atoms with E-state index in [1.165, 1.54) is 0 Å². The summed E-state index contributed by atoms with van der Waals surface area (Å²) in [5, 5.41) is 0. The number of nitrogens with zero attached hydrogens (tertiary/aromatic N) is 2. The number of halogens is 1. The Kier molecular flexibility index (Phi) is 2.59. The van der Waals surface area contributed by atoms with Gasteiger partial charge in [0.25, 0.3) is 0 Å². The van der Waals surface area contributed by atoms with E-state index < -0.39 is 0 Å². The molecule has 0 fully saturated rings. The largest absolute Gasteiger partial charge is 0.291 e. The molecular formula is C11H13BrN2. The molecule has 0 radical (unpaired) electrons. The number of hydrogen-bond donors (Lipinski definition) is 0. The van der Waals surface area contributed by atoms with Crippen LogP contribution in [-0.4, -0.2) is 9.38 Å². The Hall–Kier alpha value is -0.830. The highest BCUT2D eigenvalue weighted by molar-refractivity contribution is 9.10. The fourth-order valence-electron chi connectivity index (χ4n) is 1.58. The number of aromatic nitrogens is 2. The Labute approximate surface area is 92.1 Å². The lowest BCUT2D eigenvalue weighted by atomic mass is 10.1. The second-order valence-corrected chi connectivity index (χ2v) is 4.69. The molecular weight excluding hydrogens is 240 g/mol. The third-order valence-electron chi connectivity index (χ3n) is 2.17. The van der Waals surface area contributed by atoms with Crippen molar-refractivity contribution >= 4 is 21.4 Å². The molecule has 2 heterocycles. The number of imidazole rings is 1. The fourth-order valence-corrected chi connectivity index (χ4v) is 2.14. The predicted octanol–water partition coefficient (Wildman–Crippen LogP) is 3.30. The predicted molar refractivity (Wildman–Crippen MR) is 61.4 cm³/mol. The van der Waals surface area contributed by atoms with Crippen molar-refractivity contribution in [2.75, 3.05) is 0 Å². The van der Waals surface area contributed by atoms with Gasteiger partial charge < -0.3 is 0 Å². The first-order valence-corrected chi connectivity index (χ1v) is 5.58. The van der Waals surface area contributed by atoms with Gasteiger partial charge in [-0.3, -0.25) is 4.40 Å². The van der Waals surface area contributed by atoms with E-state index >= 15 is 0 Å². The molecule has 0 atom stereocenters. The Balaban J connectivity index is 2.55. The van der Waals surface area contributed by atoms with Crippen LogP contribution >= 0.6 is 15.9 Å². The van der Waals surface area contributed by atoms with Gasteiger partial charge in [0, 0.05) is 6.42 Å². The highest BCUT2D eigenvalue weighted by Crippen LogP contribution is 2.17. The van der Waals surface area contributed by atoms with Crippen LogP contribution in [0.5, 0.6) is 0 Å². The summed E-state index contributed by atoms with van der Waals surface area (Å²) in [6.45, 7) is 4.41. The van der Waals surface area contributed by atoms with Crippen molar-refractivity contribution in [3.63, 3.8) is 0 Å². The van der Waals surface area contributed by atoms with Crippen LogP contribution in [0.4, 0.5) is 0 Å². The lowest BCUT2D eigenvalue weighted by molar-refractivity contribution is 0.618. The van der Waals surface area contributed by atoms with Gasteiger partial charge in [-0.25, -0.2) is 4.98 Å². The van der Waals surface area contributed by atoms with E-state index in [-0.39, 0.29) is 0 Å². The molecule has 0 aliphatic heterocycles. The fraction of sp³-hybridized carbons (Fsp3) is 0.364. The van der Waals surface area contributed by atoms with Crippen LogP contribution in [0.25, 0.3) is 5.52 Å². The average Bonchev–Trinajstić information content (AvgIpc) is 2.49. The van der Waals surface area contributed by atoms with E-state index in [1.54, 1.807) is 0 Å². The van der Waals surface area contributed by atoms with Crippen molar-refractivity contribution in [2.24, 2.45) is 5.92 Å². The maximum Gasteiger partial charge on any atom is 0.114 e. The highest BCUT2D eigenvalue weighted by Gasteiger charge is 2.07. The van der Waals surface area contributed by atoms with Crippen molar-refractivity contribution in [1.29, 1.82) is 0 Å². The molecule has 74 valence electrons. The molecule has 2 nitrogen and oxygen atoms in total. The molecule has 0 unspecified atom stereocenters. The zero-order chi connectivity index (χ0) is 10.1. The molecule has 0 saturated carbocycles. The van der Waals surface area contributed by atoms with Crippen molar-refractivity contribution in [2.45, 2.75) is 20.3 Å². The van der Waals surface area contributed by atoms with Crippen LogP contribution in [0.1, 0.15) is 19.7 Å². The van der Waals surface area contributed by atoms with E-state index in [0.717, 1.165) is 22.4 Å². The average molecular weight is 253 g/mol. The Morgan fingerprint density at radius 1 is 1.43 bits per heavy atom. The molecule has 2 aromatic heterocycles. The van der Waals surface area contributed by atoms with Gasteiger partial charge in [-0.1, -0.05) is 19.9 Å². The molecule has 14 heavy (non-hydrogen) atoms. The summed E-state index contributed by atoms with van der Waals surface area (Å²) in [4.78, 5) is 4.43. The molecule has 3 heteroatoms. The number of pyridine rings is 1. The summed E-state index contributed by atoms with van der Waals surface area (Å²) in [6.07, 6.45) is 2.93. The summed E-state index contributed by atoms with van der Waals surface area (Å²) >= 11 is 3.54. The second kappa shape index (κ2) is 3.73. The van der Waals surface area contributed by atoms with Gasteiger partial charge in [0.1, 0.15) is 5.82 Å². The first-order valence-electron chi connectivity index (χ1n) is 4.79. The minimum Gasteiger partial charge on any atom is -0.291 e. The number of fused-ring (bicyclic) bond motifs is 1. The zero-order valence-electron chi connectivity index (χ0n) is 8.37. The van der Waals surface area contributed by atoms with Crippen LogP contribution in [0, 0.1) is 5.92 Å². The molecule has 0 aromatic carbocycles. The summed E-state index contributed by atoms with van der Waals surface area (Å²) in [6, 6.07) is 6.14. The standard InChI is InChI=1S/C11H13BrN2/c1-8(2)6-11-13-7-9-4-3-5-10(12)14(9)11/h3-5,7-8H,6H2,1-2H3. The summed E-state index contributed by atoms with van der Waals surface area (Å²) in [5.41, 5.74) is 1.15. The SMILES string of the molecule is CC(C)Cc1ncc2cccc(Br)n12. The van der Waals surface area contributed by atoms with E-state index in [9.17, 15) is 0 Å². The van der Waals surface area contributed by atoms with Crippen LogP contribution < -0.4 is 0 Å². The van der Waals surface area contributed by atoms with Gasteiger partial charge in [0.05, 0.1) is 16.3 Å². The summed E-state index contributed by atoms with van der Waals surface area (Å²) < 4.78 is 3.23. The molecule has 0 N–H and O–H groups in total. The van der Waals surface area contributed by atoms with E-state index in [4.69, 9.17) is 0 Å². The maximum atomic E-state index is 4.43. The first kappa shape index (κ1) is 9.71. The molecule has 2 rings (SSSR count). The monoisotopic (exact) mass is 252 g/mol. The topological polar surface area (TPSA) is 17.3 Å². The third-order valence-corrected chi connectivity index (χ3v) is 2.79. The molecule has 0 aliphatic rings. The van der Waals surface area contributed by atoms with Crippen molar-refractivity contribution in [3.8, 4) is 0 Å². The molecule has 0 saturated heterocycles. The summed E-state index contributed by atoms with van der Waals surface area (Å²) in [5.74, 6) is 1.76. The van der Waals surface area contributed by atoms with E-state index in [1.807, 2.05) is 18.3 Å². The van der Waals surface area contributed by atoms with Gasteiger partial charge in [-0.15, -0.1) is 0 Å². The highest BCUT2D eigenvalue weighted by atomic mass is 79.9. The van der Waals surface area contributed by atoms with Crippen LogP contribution in [-0.2, 0) is 6.42 Å². The van der Waals surface area contributed by atoms with Crippen LogP contribution in [0.2, 0.25) is 0 Å². The van der Waals surface area contributed by atoms with Gasteiger partial charge in [-0.2, -0.15) is 0 Å². The van der Waals surface area contributed by atoms with E-state index in [0.29, 0.717) is 5.92 Å². The van der Waals surface area contributed by atoms with Gasteiger partial charge >= 0.3 is 0 Å². The zero-order valence-corrected chi connectivity index (χ0v) is 9.95. The molecule has 2 aromatic rings. The molecule has 0 aliphatic carbocycles. The van der Waals surface area contributed by atoms with Gasteiger partial charge in [0.2, 0.25) is 0 Å². The van der Waals surface area contributed by atoms with Crippen LogP contribution in [0.15, 0.2) is 29.0 Å². The minimum absolute atomic E-state index is 0.632. The van der Waals surface area contributed by atoms with Crippen LogP contribution in [0.3, 0.4) is 0 Å².